The fourth-order valence-corrected chi connectivity index (χ4v) is 4.19. The van der Waals surface area contributed by atoms with Crippen LogP contribution in [0.1, 0.15) is 26.5 Å². The highest BCUT2D eigenvalue weighted by atomic mass is 32.1. The Bertz CT molecular complexity index is 1080. The summed E-state index contributed by atoms with van der Waals surface area (Å²) in [5, 5.41) is 0.554. The molecule has 0 N–H and O–H groups in total. The summed E-state index contributed by atoms with van der Waals surface area (Å²) >= 11 is 0.974. The van der Waals surface area contributed by atoms with Gasteiger partial charge in [0.1, 0.15) is 10.5 Å². The number of alkyl halides is 3. The quantitative estimate of drug-likeness (QED) is 0.634. The van der Waals surface area contributed by atoms with E-state index >= 15 is 0 Å². The molecule has 0 radical (unpaired) electrons. The molecular formula is C19H15F3N2O3S. The Morgan fingerprint density at radius 3 is 2.71 bits per heavy atom. The van der Waals surface area contributed by atoms with Crippen molar-refractivity contribution >= 4 is 27.5 Å². The Morgan fingerprint density at radius 2 is 1.96 bits per heavy atom. The van der Waals surface area contributed by atoms with Gasteiger partial charge in [-0.05, 0) is 42.3 Å². The average molecular weight is 408 g/mol. The first-order valence-electron chi connectivity index (χ1n) is 8.35. The zero-order valence-corrected chi connectivity index (χ0v) is 15.8. The molecule has 0 saturated carbocycles. The number of fused-ring (bicyclic) bond motifs is 2. The van der Waals surface area contributed by atoms with Gasteiger partial charge in [-0.15, -0.1) is 11.3 Å². The van der Waals surface area contributed by atoms with Crippen LogP contribution in [0.25, 0.3) is 10.2 Å². The van der Waals surface area contributed by atoms with Crippen LogP contribution in [0.5, 0.6) is 11.5 Å². The van der Waals surface area contributed by atoms with Gasteiger partial charge in [-0.2, -0.15) is 13.2 Å². The molecule has 1 aliphatic heterocycles. The molecule has 1 amide bonds. The largest absolute Gasteiger partial charge is 0.454 e. The number of carbonyl (C=O) groups is 1. The first-order valence-corrected chi connectivity index (χ1v) is 9.17. The molecule has 9 heteroatoms. The molecule has 0 fully saturated rings. The predicted molar refractivity (Wildman–Crippen MR) is 97.7 cm³/mol. The summed E-state index contributed by atoms with van der Waals surface area (Å²) in [6.45, 7) is 2.21. The maximum absolute atomic E-state index is 12.9. The maximum Gasteiger partial charge on any atom is 0.433 e. The van der Waals surface area contributed by atoms with Crippen LogP contribution in [0, 0.1) is 6.92 Å². The number of ether oxygens (including phenoxy) is 2. The Labute approximate surface area is 162 Å². The molecule has 0 unspecified atom stereocenters. The third-order valence-electron chi connectivity index (χ3n) is 4.49. The minimum atomic E-state index is -4.52. The highest BCUT2D eigenvalue weighted by Crippen LogP contribution is 2.35. The van der Waals surface area contributed by atoms with E-state index in [9.17, 15) is 18.0 Å². The van der Waals surface area contributed by atoms with Crippen molar-refractivity contribution in [3.05, 3.63) is 52.0 Å². The zero-order chi connectivity index (χ0) is 20.1. The van der Waals surface area contributed by atoms with Gasteiger partial charge in [0.15, 0.2) is 11.5 Å². The summed E-state index contributed by atoms with van der Waals surface area (Å²) in [5.41, 5.74) is 0.522. The van der Waals surface area contributed by atoms with Crippen molar-refractivity contribution in [1.29, 1.82) is 0 Å². The van der Waals surface area contributed by atoms with Crippen molar-refractivity contribution in [3.8, 4) is 11.5 Å². The molecule has 2 aromatic heterocycles. The van der Waals surface area contributed by atoms with Crippen LogP contribution in [-0.4, -0.2) is 29.6 Å². The second kappa shape index (κ2) is 6.66. The smallest absolute Gasteiger partial charge is 0.433 e. The number of pyridine rings is 1. The van der Waals surface area contributed by atoms with E-state index in [1.54, 1.807) is 26.1 Å². The maximum atomic E-state index is 12.9. The van der Waals surface area contributed by atoms with Gasteiger partial charge in [-0.1, -0.05) is 6.07 Å². The lowest BCUT2D eigenvalue weighted by molar-refractivity contribution is -0.140. The molecule has 0 atom stereocenters. The minimum Gasteiger partial charge on any atom is -0.454 e. The van der Waals surface area contributed by atoms with Crippen molar-refractivity contribution in [3.63, 3.8) is 0 Å². The summed E-state index contributed by atoms with van der Waals surface area (Å²) < 4.78 is 49.3. The lowest BCUT2D eigenvalue weighted by atomic mass is 10.1. The fourth-order valence-electron chi connectivity index (χ4n) is 3.02. The monoisotopic (exact) mass is 408 g/mol. The minimum absolute atomic E-state index is 0.168. The topological polar surface area (TPSA) is 51.7 Å². The van der Waals surface area contributed by atoms with Crippen molar-refractivity contribution < 1.29 is 27.4 Å². The van der Waals surface area contributed by atoms with Gasteiger partial charge in [0.2, 0.25) is 6.79 Å². The SMILES string of the molecule is Cc1c(C(=O)N(C)Cc2ccc3c(c2)OCO3)sc2nc(C(F)(F)F)ccc12. The summed E-state index contributed by atoms with van der Waals surface area (Å²) in [7, 11) is 1.64. The van der Waals surface area contributed by atoms with E-state index in [1.807, 2.05) is 6.07 Å². The Kier molecular flexibility index (Phi) is 4.41. The van der Waals surface area contributed by atoms with Gasteiger partial charge >= 0.3 is 6.18 Å². The predicted octanol–water partition coefficient (Wildman–Crippen LogP) is 4.62. The number of hydrogen-bond acceptors (Lipinski definition) is 5. The summed E-state index contributed by atoms with van der Waals surface area (Å²) in [6, 6.07) is 7.73. The van der Waals surface area contributed by atoms with Gasteiger partial charge in [0.25, 0.3) is 5.91 Å². The molecule has 1 aromatic carbocycles. The normalized spacial score (nSPS) is 13.2. The van der Waals surface area contributed by atoms with E-state index < -0.39 is 11.9 Å². The zero-order valence-electron chi connectivity index (χ0n) is 15.0. The molecule has 5 nitrogen and oxygen atoms in total. The molecule has 3 aromatic rings. The standard InChI is InChI=1S/C19H15F3N2O3S/c1-10-12-4-6-15(19(20,21)22)23-17(12)28-16(10)18(25)24(2)8-11-3-5-13-14(7-11)27-9-26-13/h3-7H,8-9H2,1-2H3. The van der Waals surface area contributed by atoms with Crippen LogP contribution in [0.3, 0.4) is 0 Å². The number of benzene rings is 1. The molecule has 0 saturated heterocycles. The van der Waals surface area contributed by atoms with Gasteiger partial charge in [-0.25, -0.2) is 4.98 Å². The number of thiophene rings is 1. The molecule has 1 aliphatic rings. The van der Waals surface area contributed by atoms with E-state index in [2.05, 4.69) is 4.98 Å². The third kappa shape index (κ3) is 3.26. The van der Waals surface area contributed by atoms with Crippen LogP contribution in [0.15, 0.2) is 30.3 Å². The second-order valence-electron chi connectivity index (χ2n) is 6.45. The van der Waals surface area contributed by atoms with E-state index in [0.717, 1.165) is 23.0 Å². The fraction of sp³-hybridized carbons (Fsp3) is 0.263. The summed E-state index contributed by atoms with van der Waals surface area (Å²) in [4.78, 5) is 18.7. The van der Waals surface area contributed by atoms with Crippen LogP contribution in [0.2, 0.25) is 0 Å². The lowest BCUT2D eigenvalue weighted by Crippen LogP contribution is -2.25. The second-order valence-corrected chi connectivity index (χ2v) is 7.45. The third-order valence-corrected chi connectivity index (χ3v) is 5.68. The molecule has 3 heterocycles. The summed E-state index contributed by atoms with van der Waals surface area (Å²) in [6.07, 6.45) is -4.52. The van der Waals surface area contributed by atoms with Crippen molar-refractivity contribution in [2.75, 3.05) is 13.8 Å². The van der Waals surface area contributed by atoms with Crippen LogP contribution >= 0.6 is 11.3 Å². The number of hydrogen-bond donors (Lipinski definition) is 0. The Morgan fingerprint density at radius 1 is 1.21 bits per heavy atom. The van der Waals surface area contributed by atoms with E-state index in [1.165, 1.54) is 11.0 Å². The molecule has 0 spiro atoms. The Balaban J connectivity index is 1.60. The number of halogens is 3. The van der Waals surface area contributed by atoms with Crippen LogP contribution < -0.4 is 9.47 Å². The first kappa shape index (κ1) is 18.5. The van der Waals surface area contributed by atoms with Crippen molar-refractivity contribution in [1.82, 2.24) is 9.88 Å². The van der Waals surface area contributed by atoms with E-state index in [4.69, 9.17) is 9.47 Å². The molecule has 146 valence electrons. The average Bonchev–Trinajstić information content (AvgIpc) is 3.24. The highest BCUT2D eigenvalue weighted by molar-refractivity contribution is 7.20. The van der Waals surface area contributed by atoms with E-state index in [-0.39, 0.29) is 17.5 Å². The van der Waals surface area contributed by atoms with Gasteiger partial charge < -0.3 is 14.4 Å². The van der Waals surface area contributed by atoms with Crippen molar-refractivity contribution in [2.45, 2.75) is 19.6 Å². The van der Waals surface area contributed by atoms with Gasteiger partial charge in [0, 0.05) is 19.0 Å². The number of rotatable bonds is 3. The number of amides is 1. The van der Waals surface area contributed by atoms with Gasteiger partial charge in [-0.3, -0.25) is 4.79 Å². The number of aryl methyl sites for hydroxylation is 1. The number of carbonyl (C=O) groups excluding carboxylic acids is 1. The number of aromatic nitrogens is 1. The van der Waals surface area contributed by atoms with Crippen LogP contribution in [0.4, 0.5) is 13.2 Å². The van der Waals surface area contributed by atoms with Gasteiger partial charge in [0.05, 0.1) is 4.88 Å². The van der Waals surface area contributed by atoms with E-state index in [0.29, 0.717) is 33.9 Å². The molecular weight excluding hydrogens is 393 g/mol. The Hall–Kier alpha value is -2.81. The molecule has 28 heavy (non-hydrogen) atoms. The molecule has 0 aliphatic carbocycles. The van der Waals surface area contributed by atoms with Crippen LogP contribution in [-0.2, 0) is 12.7 Å². The van der Waals surface area contributed by atoms with Crippen molar-refractivity contribution in [2.24, 2.45) is 0 Å². The molecule has 4 rings (SSSR count). The lowest BCUT2D eigenvalue weighted by Gasteiger charge is -2.17. The number of nitrogens with zero attached hydrogens (tertiary/aromatic N) is 2. The summed E-state index contributed by atoms with van der Waals surface area (Å²) in [5.74, 6) is 1.01. The molecule has 0 bridgehead atoms. The first-order chi connectivity index (χ1) is 13.2. The highest BCUT2D eigenvalue weighted by Gasteiger charge is 2.33.